The van der Waals surface area contributed by atoms with E-state index >= 15 is 0 Å². The summed E-state index contributed by atoms with van der Waals surface area (Å²) in [4.78, 5) is 23.6. The lowest BCUT2D eigenvalue weighted by atomic mass is 10.1. The summed E-state index contributed by atoms with van der Waals surface area (Å²) in [5.41, 5.74) is 6.42. The molecular weight excluding hydrogens is 278 g/mol. The van der Waals surface area contributed by atoms with Gasteiger partial charge in [-0.3, -0.25) is 9.59 Å². The number of hydrogen-bond acceptors (Lipinski definition) is 3. The third-order valence-corrected chi connectivity index (χ3v) is 2.51. The first kappa shape index (κ1) is 18.4. The molecule has 0 heterocycles. The molecule has 0 spiro atoms. The van der Waals surface area contributed by atoms with Crippen LogP contribution in [0.1, 0.15) is 31.1 Å². The van der Waals surface area contributed by atoms with Crippen LogP contribution in [-0.4, -0.2) is 24.4 Å². The number of anilines is 1. The second kappa shape index (κ2) is 8.55. The molecule has 1 atom stereocenters. The molecule has 0 bridgehead atoms. The highest BCUT2D eigenvalue weighted by Crippen LogP contribution is 2.15. The van der Waals surface area contributed by atoms with Crippen molar-refractivity contribution >= 4 is 29.9 Å². The van der Waals surface area contributed by atoms with E-state index in [1.165, 1.54) is 0 Å². The van der Waals surface area contributed by atoms with Crippen molar-refractivity contribution in [1.29, 1.82) is 0 Å². The molecule has 4 N–H and O–H groups in total. The first-order valence-corrected chi connectivity index (χ1v) is 6.35. The molecule has 20 heavy (non-hydrogen) atoms. The first-order chi connectivity index (χ1) is 8.91. The maximum Gasteiger partial charge on any atom is 0.253 e. The SMILES string of the molecule is CC(C)CNC(=O)c1ccccc1NC(=O)[C@@H](C)N.Cl. The largest absolute Gasteiger partial charge is 0.352 e. The Balaban J connectivity index is 0.00000361. The monoisotopic (exact) mass is 299 g/mol. The molecule has 1 aromatic rings. The smallest absolute Gasteiger partial charge is 0.253 e. The van der Waals surface area contributed by atoms with E-state index in [0.717, 1.165) is 0 Å². The zero-order chi connectivity index (χ0) is 14.4. The summed E-state index contributed by atoms with van der Waals surface area (Å²) in [6.07, 6.45) is 0. The Morgan fingerprint density at radius 1 is 1.20 bits per heavy atom. The Morgan fingerprint density at radius 3 is 2.35 bits per heavy atom. The van der Waals surface area contributed by atoms with E-state index in [1.807, 2.05) is 13.8 Å². The summed E-state index contributed by atoms with van der Waals surface area (Å²) in [5.74, 6) is -0.145. The van der Waals surface area contributed by atoms with E-state index in [2.05, 4.69) is 10.6 Å². The predicted molar refractivity (Wildman–Crippen MR) is 83.1 cm³/mol. The minimum absolute atomic E-state index is 0. The minimum Gasteiger partial charge on any atom is -0.352 e. The molecule has 0 radical (unpaired) electrons. The average molecular weight is 300 g/mol. The molecule has 0 saturated heterocycles. The molecule has 0 fully saturated rings. The van der Waals surface area contributed by atoms with Crippen LogP contribution in [0.15, 0.2) is 24.3 Å². The topological polar surface area (TPSA) is 84.2 Å². The van der Waals surface area contributed by atoms with Gasteiger partial charge in [-0.1, -0.05) is 26.0 Å². The van der Waals surface area contributed by atoms with Gasteiger partial charge < -0.3 is 16.4 Å². The maximum absolute atomic E-state index is 12.0. The van der Waals surface area contributed by atoms with Gasteiger partial charge in [0, 0.05) is 6.54 Å². The van der Waals surface area contributed by atoms with E-state index < -0.39 is 6.04 Å². The lowest BCUT2D eigenvalue weighted by Crippen LogP contribution is -2.34. The number of carbonyl (C=O) groups excluding carboxylic acids is 2. The van der Waals surface area contributed by atoms with Crippen LogP contribution in [-0.2, 0) is 4.79 Å². The number of carbonyl (C=O) groups is 2. The summed E-state index contributed by atoms with van der Waals surface area (Å²) in [7, 11) is 0. The molecular formula is C14H22ClN3O2. The van der Waals surface area contributed by atoms with E-state index in [0.29, 0.717) is 23.7 Å². The van der Waals surface area contributed by atoms with Gasteiger partial charge in [-0.15, -0.1) is 12.4 Å². The fourth-order valence-electron chi connectivity index (χ4n) is 1.43. The predicted octanol–water partition coefficient (Wildman–Crippen LogP) is 1.78. The quantitative estimate of drug-likeness (QED) is 0.775. The molecule has 1 aromatic carbocycles. The second-order valence-corrected chi connectivity index (χ2v) is 4.93. The number of hydrogen-bond donors (Lipinski definition) is 3. The van der Waals surface area contributed by atoms with Gasteiger partial charge in [0.05, 0.1) is 17.3 Å². The molecule has 1 rings (SSSR count). The fraction of sp³-hybridized carbons (Fsp3) is 0.429. The van der Waals surface area contributed by atoms with Crippen LogP contribution < -0.4 is 16.4 Å². The van der Waals surface area contributed by atoms with Gasteiger partial charge in [-0.2, -0.15) is 0 Å². The number of rotatable bonds is 5. The Kier molecular flexibility index (Phi) is 7.87. The molecule has 112 valence electrons. The van der Waals surface area contributed by atoms with E-state index in [-0.39, 0.29) is 24.2 Å². The van der Waals surface area contributed by atoms with Crippen molar-refractivity contribution < 1.29 is 9.59 Å². The molecule has 2 amide bonds. The molecule has 5 nitrogen and oxygen atoms in total. The van der Waals surface area contributed by atoms with Crippen LogP contribution in [0.4, 0.5) is 5.69 Å². The number of nitrogens with one attached hydrogen (secondary N) is 2. The van der Waals surface area contributed by atoms with Crippen molar-refractivity contribution in [2.45, 2.75) is 26.8 Å². The van der Waals surface area contributed by atoms with Crippen LogP contribution in [0.5, 0.6) is 0 Å². The molecule has 0 aliphatic rings. The van der Waals surface area contributed by atoms with Gasteiger partial charge in [0.15, 0.2) is 0 Å². The number of amides is 2. The highest BCUT2D eigenvalue weighted by Gasteiger charge is 2.14. The Labute approximate surface area is 125 Å². The van der Waals surface area contributed by atoms with E-state index in [1.54, 1.807) is 31.2 Å². The van der Waals surface area contributed by atoms with Crippen molar-refractivity contribution in [1.82, 2.24) is 5.32 Å². The molecule has 0 aliphatic heterocycles. The summed E-state index contributed by atoms with van der Waals surface area (Å²) < 4.78 is 0. The zero-order valence-electron chi connectivity index (χ0n) is 12.0. The molecule has 0 aromatic heterocycles. The lowest BCUT2D eigenvalue weighted by Gasteiger charge is -2.13. The van der Waals surface area contributed by atoms with Crippen LogP contribution in [0.25, 0.3) is 0 Å². The van der Waals surface area contributed by atoms with Crippen molar-refractivity contribution in [3.8, 4) is 0 Å². The van der Waals surface area contributed by atoms with Crippen LogP contribution in [0, 0.1) is 5.92 Å². The van der Waals surface area contributed by atoms with E-state index in [4.69, 9.17) is 5.73 Å². The average Bonchev–Trinajstić information content (AvgIpc) is 2.36. The van der Waals surface area contributed by atoms with Crippen LogP contribution >= 0.6 is 12.4 Å². The van der Waals surface area contributed by atoms with Crippen molar-refractivity contribution in [2.75, 3.05) is 11.9 Å². The fourth-order valence-corrected chi connectivity index (χ4v) is 1.43. The first-order valence-electron chi connectivity index (χ1n) is 6.35. The normalized spacial score (nSPS) is 11.4. The summed E-state index contributed by atoms with van der Waals surface area (Å²) >= 11 is 0. The summed E-state index contributed by atoms with van der Waals surface area (Å²) in [5, 5.41) is 5.47. The third kappa shape index (κ3) is 5.59. The van der Waals surface area contributed by atoms with Gasteiger partial charge in [-0.05, 0) is 25.0 Å². The van der Waals surface area contributed by atoms with Gasteiger partial charge in [-0.25, -0.2) is 0 Å². The van der Waals surface area contributed by atoms with Crippen LogP contribution in [0.3, 0.4) is 0 Å². The van der Waals surface area contributed by atoms with Gasteiger partial charge in [0.1, 0.15) is 0 Å². The Hall–Kier alpha value is -1.59. The van der Waals surface area contributed by atoms with Crippen molar-refractivity contribution in [3.63, 3.8) is 0 Å². The van der Waals surface area contributed by atoms with Gasteiger partial charge in [0.25, 0.3) is 5.91 Å². The number of nitrogens with two attached hydrogens (primary N) is 1. The van der Waals surface area contributed by atoms with Gasteiger partial charge >= 0.3 is 0 Å². The number of halogens is 1. The van der Waals surface area contributed by atoms with Crippen molar-refractivity contribution in [3.05, 3.63) is 29.8 Å². The maximum atomic E-state index is 12.0. The van der Waals surface area contributed by atoms with Crippen molar-refractivity contribution in [2.24, 2.45) is 11.7 Å². The third-order valence-electron chi connectivity index (χ3n) is 2.51. The Bertz CT molecular complexity index is 461. The number of para-hydroxylation sites is 1. The molecule has 0 aliphatic carbocycles. The Morgan fingerprint density at radius 2 is 1.80 bits per heavy atom. The van der Waals surface area contributed by atoms with Gasteiger partial charge in [0.2, 0.25) is 5.91 Å². The molecule has 0 saturated carbocycles. The zero-order valence-corrected chi connectivity index (χ0v) is 12.8. The highest BCUT2D eigenvalue weighted by molar-refractivity contribution is 6.04. The molecule has 6 heteroatoms. The highest BCUT2D eigenvalue weighted by atomic mass is 35.5. The second-order valence-electron chi connectivity index (χ2n) is 4.93. The number of benzene rings is 1. The molecule has 0 unspecified atom stereocenters. The lowest BCUT2D eigenvalue weighted by molar-refractivity contribution is -0.117. The standard InChI is InChI=1S/C14H21N3O2.ClH/c1-9(2)8-16-14(19)11-6-4-5-7-12(11)17-13(18)10(3)15;/h4-7,9-10H,8,15H2,1-3H3,(H,16,19)(H,17,18);1H/t10-;/m1./s1. The summed E-state index contributed by atoms with van der Waals surface area (Å²) in [6, 6.07) is 6.26. The van der Waals surface area contributed by atoms with E-state index in [9.17, 15) is 9.59 Å². The van der Waals surface area contributed by atoms with Crippen LogP contribution in [0.2, 0.25) is 0 Å². The summed E-state index contributed by atoms with van der Waals surface area (Å²) in [6.45, 7) is 6.22. The minimum atomic E-state index is -0.619.